The van der Waals surface area contributed by atoms with Crippen LogP contribution in [0.3, 0.4) is 0 Å². The highest BCUT2D eigenvalue weighted by Crippen LogP contribution is 2.60. The Bertz CT molecular complexity index is 700. The summed E-state index contributed by atoms with van der Waals surface area (Å²) in [6, 6.07) is 7.15. The summed E-state index contributed by atoms with van der Waals surface area (Å²) in [6.45, 7) is 3.02. The fourth-order valence-corrected chi connectivity index (χ4v) is 6.21. The highest BCUT2D eigenvalue weighted by molar-refractivity contribution is 14.0. The van der Waals surface area contributed by atoms with Crippen molar-refractivity contribution >= 4 is 35.8 Å². The molecule has 0 aromatic carbocycles. The van der Waals surface area contributed by atoms with Crippen LogP contribution >= 0.6 is 24.0 Å². The summed E-state index contributed by atoms with van der Waals surface area (Å²) in [5.41, 5.74) is 0.362. The van der Waals surface area contributed by atoms with E-state index in [4.69, 9.17) is 4.74 Å². The summed E-state index contributed by atoms with van der Waals surface area (Å²) in [5, 5.41) is 7.54. The van der Waals surface area contributed by atoms with Crippen molar-refractivity contribution < 1.29 is 4.74 Å². The van der Waals surface area contributed by atoms with Crippen LogP contribution < -0.4 is 15.5 Å². The Morgan fingerprint density at radius 2 is 1.97 bits per heavy atom. The number of pyridine rings is 1. The normalized spacial score (nSPS) is 31.1. The van der Waals surface area contributed by atoms with Crippen LogP contribution in [-0.4, -0.2) is 55.9 Å². The maximum absolute atomic E-state index is 6.13. The molecule has 4 fully saturated rings. The second-order valence-corrected chi connectivity index (χ2v) is 8.97. The zero-order valence-corrected chi connectivity index (χ0v) is 19.7. The number of guanidine groups is 1. The second-order valence-electron chi connectivity index (χ2n) is 8.97. The standard InChI is InChI=1S/C22H33N5O.HI/c1-23-21(25-16-7-13-27(14-8-16)18-6-2-5-12-24-18)26-19-17-9-15-28-20(17)22(19)10-3-4-11-22;/h2,5-6,12,16-17,19-20H,3-4,7-11,13-15H2,1H3,(H2,23,25,26);1H. The van der Waals surface area contributed by atoms with Crippen LogP contribution in [0, 0.1) is 11.3 Å². The quantitative estimate of drug-likeness (QED) is 0.371. The number of rotatable bonds is 3. The number of hydrogen-bond donors (Lipinski definition) is 2. The summed E-state index contributed by atoms with van der Waals surface area (Å²) in [4.78, 5) is 11.5. The second kappa shape index (κ2) is 8.96. The molecule has 1 aromatic heterocycles. The Hall–Kier alpha value is -1.09. The Morgan fingerprint density at radius 3 is 2.66 bits per heavy atom. The van der Waals surface area contributed by atoms with Crippen LogP contribution in [-0.2, 0) is 4.74 Å². The van der Waals surface area contributed by atoms with Gasteiger partial charge in [-0.25, -0.2) is 4.98 Å². The van der Waals surface area contributed by atoms with Gasteiger partial charge < -0.3 is 20.3 Å². The van der Waals surface area contributed by atoms with Crippen LogP contribution in [0.4, 0.5) is 5.82 Å². The molecule has 2 aliphatic carbocycles. The van der Waals surface area contributed by atoms with Gasteiger partial charge in [0.2, 0.25) is 0 Å². The lowest BCUT2D eigenvalue weighted by atomic mass is 9.54. The number of anilines is 1. The summed E-state index contributed by atoms with van der Waals surface area (Å²) >= 11 is 0. The van der Waals surface area contributed by atoms with Crippen LogP contribution in [0.2, 0.25) is 0 Å². The SMILES string of the molecule is CN=C(NC1CCN(c2ccccn2)CC1)NC1C2CCOC2C12CCCC2.I. The van der Waals surface area contributed by atoms with Gasteiger partial charge >= 0.3 is 0 Å². The van der Waals surface area contributed by atoms with E-state index in [0.717, 1.165) is 44.3 Å². The molecule has 1 aromatic rings. The molecule has 7 heteroatoms. The molecule has 2 saturated heterocycles. The molecule has 2 saturated carbocycles. The third-order valence-corrected chi connectivity index (χ3v) is 7.61. The number of fused-ring (bicyclic) bond motifs is 2. The minimum absolute atomic E-state index is 0. The zero-order valence-electron chi connectivity index (χ0n) is 17.3. The van der Waals surface area contributed by atoms with E-state index in [1.54, 1.807) is 0 Å². The van der Waals surface area contributed by atoms with E-state index in [2.05, 4.69) is 37.6 Å². The molecule has 0 amide bonds. The van der Waals surface area contributed by atoms with E-state index in [1.807, 2.05) is 19.3 Å². The third-order valence-electron chi connectivity index (χ3n) is 7.61. The number of hydrogen-bond acceptors (Lipinski definition) is 4. The largest absolute Gasteiger partial charge is 0.377 e. The van der Waals surface area contributed by atoms with Gasteiger partial charge in [0.05, 0.1) is 6.10 Å². The number of piperidine rings is 1. The van der Waals surface area contributed by atoms with Crippen LogP contribution in [0.15, 0.2) is 29.4 Å². The monoisotopic (exact) mass is 511 g/mol. The van der Waals surface area contributed by atoms with E-state index >= 15 is 0 Å². The Kier molecular flexibility index (Phi) is 6.53. The number of aliphatic imine (C=N–C) groups is 1. The first kappa shape index (κ1) is 21.2. The van der Waals surface area contributed by atoms with E-state index in [9.17, 15) is 0 Å². The van der Waals surface area contributed by atoms with Gasteiger partial charge in [-0.05, 0) is 44.2 Å². The fourth-order valence-electron chi connectivity index (χ4n) is 6.21. The molecule has 29 heavy (non-hydrogen) atoms. The highest BCUT2D eigenvalue weighted by atomic mass is 127. The lowest BCUT2D eigenvalue weighted by Crippen LogP contribution is -2.69. The Labute approximate surface area is 191 Å². The van der Waals surface area contributed by atoms with Gasteiger partial charge in [0.25, 0.3) is 0 Å². The molecule has 0 radical (unpaired) electrons. The minimum atomic E-state index is 0. The Balaban J connectivity index is 0.00000205. The maximum Gasteiger partial charge on any atom is 0.191 e. The van der Waals surface area contributed by atoms with Crippen molar-refractivity contribution in [1.29, 1.82) is 0 Å². The summed E-state index contributed by atoms with van der Waals surface area (Å²) in [5.74, 6) is 2.74. The third kappa shape index (κ3) is 3.84. The van der Waals surface area contributed by atoms with E-state index < -0.39 is 0 Å². The Morgan fingerprint density at radius 1 is 1.17 bits per heavy atom. The van der Waals surface area contributed by atoms with Crippen molar-refractivity contribution in [2.75, 3.05) is 31.6 Å². The first-order chi connectivity index (χ1) is 13.8. The lowest BCUT2D eigenvalue weighted by molar-refractivity contribution is -0.125. The summed E-state index contributed by atoms with van der Waals surface area (Å²) in [6.07, 6.45) is 11.1. The molecule has 2 aliphatic heterocycles. The molecule has 3 atom stereocenters. The minimum Gasteiger partial charge on any atom is -0.377 e. The van der Waals surface area contributed by atoms with Gasteiger partial charge in [0.15, 0.2) is 5.96 Å². The first-order valence-electron chi connectivity index (χ1n) is 11.1. The van der Waals surface area contributed by atoms with Crippen molar-refractivity contribution in [2.45, 2.75) is 63.1 Å². The highest BCUT2D eigenvalue weighted by Gasteiger charge is 2.65. The molecule has 3 unspecified atom stereocenters. The molecule has 1 spiro atoms. The molecule has 4 aliphatic rings. The van der Waals surface area contributed by atoms with Crippen LogP contribution in [0.5, 0.6) is 0 Å². The predicted octanol–water partition coefficient (Wildman–Crippen LogP) is 3.18. The van der Waals surface area contributed by atoms with Crippen molar-refractivity contribution in [3.8, 4) is 0 Å². The van der Waals surface area contributed by atoms with Crippen LogP contribution in [0.25, 0.3) is 0 Å². The molecule has 3 heterocycles. The number of ether oxygens (including phenoxy) is 1. The van der Waals surface area contributed by atoms with E-state index in [0.29, 0.717) is 29.5 Å². The average Bonchev–Trinajstić information content (AvgIpc) is 3.41. The molecule has 6 nitrogen and oxygen atoms in total. The molecular formula is C22H34IN5O. The van der Waals surface area contributed by atoms with E-state index in [1.165, 1.54) is 32.1 Å². The van der Waals surface area contributed by atoms with Crippen molar-refractivity contribution in [3.05, 3.63) is 24.4 Å². The zero-order chi connectivity index (χ0) is 19.0. The number of nitrogens with zero attached hydrogens (tertiary/aromatic N) is 3. The topological polar surface area (TPSA) is 61.8 Å². The summed E-state index contributed by atoms with van der Waals surface area (Å²) < 4.78 is 6.13. The van der Waals surface area contributed by atoms with Gasteiger partial charge in [-0.15, -0.1) is 24.0 Å². The lowest BCUT2D eigenvalue weighted by Gasteiger charge is -2.57. The van der Waals surface area contributed by atoms with Gasteiger partial charge in [0.1, 0.15) is 5.82 Å². The summed E-state index contributed by atoms with van der Waals surface area (Å²) in [7, 11) is 1.90. The van der Waals surface area contributed by atoms with Crippen molar-refractivity contribution in [1.82, 2.24) is 15.6 Å². The molecule has 5 rings (SSSR count). The van der Waals surface area contributed by atoms with Crippen LogP contribution in [0.1, 0.15) is 44.9 Å². The first-order valence-corrected chi connectivity index (χ1v) is 11.1. The van der Waals surface area contributed by atoms with Gasteiger partial charge in [-0.3, -0.25) is 4.99 Å². The number of halogens is 1. The number of aromatic nitrogens is 1. The van der Waals surface area contributed by atoms with Gasteiger partial charge in [0, 0.05) is 56.4 Å². The van der Waals surface area contributed by atoms with Crippen molar-refractivity contribution in [3.63, 3.8) is 0 Å². The predicted molar refractivity (Wildman–Crippen MR) is 127 cm³/mol. The van der Waals surface area contributed by atoms with Gasteiger partial charge in [-0.1, -0.05) is 18.9 Å². The van der Waals surface area contributed by atoms with Gasteiger partial charge in [-0.2, -0.15) is 0 Å². The fraction of sp³-hybridized carbons (Fsp3) is 0.727. The van der Waals surface area contributed by atoms with E-state index in [-0.39, 0.29) is 24.0 Å². The smallest absolute Gasteiger partial charge is 0.191 e. The number of nitrogens with one attached hydrogen (secondary N) is 2. The maximum atomic E-state index is 6.13. The molecule has 160 valence electrons. The average molecular weight is 511 g/mol. The molecular weight excluding hydrogens is 477 g/mol. The van der Waals surface area contributed by atoms with Crippen molar-refractivity contribution in [2.24, 2.45) is 16.3 Å². The molecule has 2 N–H and O–H groups in total. The molecule has 0 bridgehead atoms.